The first kappa shape index (κ1) is 12.5. The maximum Gasteiger partial charge on any atom is -0.167 e. The summed E-state index contributed by atoms with van der Waals surface area (Å²) in [5, 5.41) is 0. The summed E-state index contributed by atoms with van der Waals surface area (Å²) in [6.45, 7) is 6.03. The second-order valence-electron chi connectivity index (χ2n) is 1.14. The van der Waals surface area contributed by atoms with E-state index in [9.17, 15) is 0 Å². The molecular formula is C5H11CuNS2. The fraction of sp³-hybridized carbons (Fsp3) is 0.800. The molecule has 0 bridgehead atoms. The van der Waals surface area contributed by atoms with Gasteiger partial charge in [0.2, 0.25) is 0 Å². The molecule has 4 heteroatoms. The third kappa shape index (κ3) is 17.7. The zero-order chi connectivity index (χ0) is 7.70. The molecule has 0 N–H and O–H groups in total. The van der Waals surface area contributed by atoms with Gasteiger partial charge in [0.1, 0.15) is 0 Å². The summed E-state index contributed by atoms with van der Waals surface area (Å²) in [6.07, 6.45) is 0. The van der Waals surface area contributed by atoms with Crippen molar-refractivity contribution in [1.82, 2.24) is 3.92 Å². The van der Waals surface area contributed by atoms with E-state index in [1.54, 1.807) is 0 Å². The molecule has 1 nitrogen and oxygen atoms in total. The Hall–Kier alpha value is 0.789. The monoisotopic (exact) mass is 212 g/mol. The van der Waals surface area contributed by atoms with Crippen molar-refractivity contribution in [2.75, 3.05) is 13.1 Å². The van der Waals surface area contributed by atoms with Gasteiger partial charge in [0, 0.05) is 0 Å². The molecular weight excluding hydrogens is 202 g/mol. The summed E-state index contributed by atoms with van der Waals surface area (Å²) in [7, 11) is 0. The normalized spacial score (nSPS) is 8.11. The fourth-order valence-electron chi connectivity index (χ4n) is 0.224. The van der Waals surface area contributed by atoms with Gasteiger partial charge in [-0.1, -0.05) is 0 Å². The van der Waals surface area contributed by atoms with Crippen molar-refractivity contribution in [2.45, 2.75) is 13.8 Å². The van der Waals surface area contributed by atoms with Crippen LogP contribution in [-0.2, 0) is 28.9 Å². The van der Waals surface area contributed by atoms with Crippen molar-refractivity contribution in [3.05, 3.63) is 0 Å². The molecule has 0 aliphatic heterocycles. The summed E-state index contributed by atoms with van der Waals surface area (Å²) in [4.78, 5) is 0. The maximum absolute atomic E-state index is 4.91. The zero-order valence-corrected chi connectivity index (χ0v) is 8.13. The molecule has 9 heavy (non-hydrogen) atoms. The Morgan fingerprint density at radius 3 is 1.78 bits per heavy atom. The van der Waals surface area contributed by atoms with Crippen LogP contribution in [-0.4, -0.2) is 21.7 Å². The molecule has 0 rings (SSSR count). The minimum absolute atomic E-state index is 0.969. The molecule has 0 aromatic heterocycles. The molecule has 0 aliphatic rings. The molecule has 0 aliphatic carbocycles. The van der Waals surface area contributed by atoms with E-state index < -0.39 is 0 Å². The van der Waals surface area contributed by atoms with Crippen LogP contribution in [0.15, 0.2) is 0 Å². The second kappa shape index (κ2) is 11.6. The molecule has 0 unspecified atom stereocenters. The van der Waals surface area contributed by atoms with Gasteiger partial charge in [0.25, 0.3) is 0 Å². The molecule has 0 heterocycles. The smallest absolute Gasteiger partial charge is 0.167 e. The van der Waals surface area contributed by atoms with Crippen molar-refractivity contribution < 1.29 is 16.2 Å². The predicted molar refractivity (Wildman–Crippen MR) is 43.9 cm³/mol. The van der Waals surface area contributed by atoms with Crippen LogP contribution in [0.1, 0.15) is 13.8 Å². The van der Waals surface area contributed by atoms with Crippen LogP contribution in [0.4, 0.5) is 0 Å². The van der Waals surface area contributed by atoms with Gasteiger partial charge in [-0.15, -0.1) is 0 Å². The Kier molecular flexibility index (Phi) is 16.0. The fourth-order valence-corrected chi connectivity index (χ4v) is 0.224. The van der Waals surface area contributed by atoms with Crippen molar-refractivity contribution in [3.8, 4) is 0 Å². The topological polar surface area (TPSA) is 3.24 Å². The molecule has 0 saturated carbocycles. The first-order chi connectivity index (χ1) is 4.22. The Balaban J connectivity index is 0. The maximum atomic E-state index is 4.91. The van der Waals surface area contributed by atoms with Crippen LogP contribution in [0.2, 0.25) is 0 Å². The van der Waals surface area contributed by atoms with Crippen LogP contribution in [0.25, 0.3) is 0 Å². The van der Waals surface area contributed by atoms with Gasteiger partial charge in [-0.2, -0.15) is 4.70 Å². The van der Waals surface area contributed by atoms with Gasteiger partial charge in [0.15, 0.2) is 0 Å². The summed E-state index contributed by atoms with van der Waals surface area (Å²) in [5.41, 5.74) is 0. The van der Waals surface area contributed by atoms with Crippen LogP contribution >= 0.6 is 12.2 Å². The molecule has 0 fully saturated rings. The largest absolute Gasteiger partial charge is 0.436 e. The first-order valence-corrected chi connectivity index (χ1v) is 4.02. The minimum Gasteiger partial charge on any atom is -0.436 e. The number of rotatable bonds is 2. The van der Waals surface area contributed by atoms with Crippen LogP contribution in [0.3, 0.4) is 0 Å². The van der Waals surface area contributed by atoms with Crippen molar-refractivity contribution >= 4 is 29.5 Å². The van der Waals surface area contributed by atoms with Gasteiger partial charge < -0.3 is 24.8 Å². The van der Waals surface area contributed by atoms with Crippen molar-refractivity contribution in [1.29, 1.82) is 0 Å². The zero-order valence-electron chi connectivity index (χ0n) is 5.56. The standard InChI is InChI=1S/C4H10N.CH2S2.Cu/c1-3-5-4-2;2-1-3;/h3-4H2,1-2H3;1H,(H,2,3);/q-1;;+2/p-1. The molecule has 0 aromatic carbocycles. The van der Waals surface area contributed by atoms with Gasteiger partial charge in [0.05, 0.1) is 0 Å². The van der Waals surface area contributed by atoms with E-state index >= 15 is 0 Å². The average Bonchev–Trinajstić information content (AvgIpc) is 1.88. The average molecular weight is 213 g/mol. The number of hydrogen-bond acceptors (Lipinski definition) is 3. The quantitative estimate of drug-likeness (QED) is 0.386. The third-order valence-electron chi connectivity index (χ3n) is 0.638. The molecule has 0 atom stereocenters. The van der Waals surface area contributed by atoms with Crippen molar-refractivity contribution in [3.63, 3.8) is 0 Å². The number of thiocarbonyl (C=S) groups is 1. The third-order valence-corrected chi connectivity index (χ3v) is 1.23. The van der Waals surface area contributed by atoms with Crippen molar-refractivity contribution in [2.24, 2.45) is 0 Å². The molecule has 0 amide bonds. The number of nitrogens with zero attached hydrogens (tertiary/aromatic N) is 1. The van der Waals surface area contributed by atoms with E-state index in [0.29, 0.717) is 0 Å². The SMILES string of the molecule is CC[N]([Cu+])CC.S=C[S-]. The predicted octanol–water partition coefficient (Wildman–Crippen LogP) is 1.28. The Labute approximate surface area is 76.6 Å². The van der Waals surface area contributed by atoms with E-state index in [0.717, 1.165) is 13.1 Å². The van der Waals surface area contributed by atoms with E-state index in [2.05, 4.69) is 24.8 Å². The molecule has 0 radical (unpaired) electrons. The summed E-state index contributed by atoms with van der Waals surface area (Å²) in [6, 6.07) is 0. The summed E-state index contributed by atoms with van der Waals surface area (Å²) in [5.74, 6) is 0. The number of hydrogen-bond donors (Lipinski definition) is 0. The van der Waals surface area contributed by atoms with E-state index in [-0.39, 0.29) is 0 Å². The van der Waals surface area contributed by atoms with Gasteiger partial charge in [-0.3, -0.25) is 0 Å². The van der Waals surface area contributed by atoms with Crippen LogP contribution in [0.5, 0.6) is 0 Å². The van der Waals surface area contributed by atoms with E-state index in [1.807, 2.05) is 17.8 Å². The molecule has 0 saturated heterocycles. The molecule has 0 spiro atoms. The molecule has 59 valence electrons. The Morgan fingerprint density at radius 2 is 1.78 bits per heavy atom. The Morgan fingerprint density at radius 1 is 1.56 bits per heavy atom. The summed E-state index contributed by atoms with van der Waals surface area (Å²) < 4.78 is 2.98. The van der Waals surface area contributed by atoms with Crippen LogP contribution in [0, 0.1) is 0 Å². The first-order valence-electron chi connectivity index (χ1n) is 2.65. The van der Waals surface area contributed by atoms with E-state index in [1.165, 1.54) is 4.70 Å². The van der Waals surface area contributed by atoms with E-state index in [4.69, 9.17) is 16.2 Å². The van der Waals surface area contributed by atoms with Gasteiger partial charge in [-0.25, -0.2) is 0 Å². The second-order valence-corrected chi connectivity index (χ2v) is 2.51. The molecule has 0 aromatic rings. The Bertz CT molecular complexity index is 56.9. The summed E-state index contributed by atoms with van der Waals surface area (Å²) >= 11 is 13.1. The minimum atomic E-state index is 0.969. The van der Waals surface area contributed by atoms with Gasteiger partial charge in [-0.05, 0) is 0 Å². The van der Waals surface area contributed by atoms with Gasteiger partial charge >= 0.3 is 47.1 Å². The van der Waals surface area contributed by atoms with Crippen LogP contribution < -0.4 is 0 Å².